The molecule has 2 aromatic carbocycles. The molecular formula is C21H23N3O3S. The van der Waals surface area contributed by atoms with Crippen molar-refractivity contribution >= 4 is 40.1 Å². The predicted octanol–water partition coefficient (Wildman–Crippen LogP) is 3.98. The zero-order chi connectivity index (χ0) is 20.1. The molecule has 28 heavy (non-hydrogen) atoms. The molecule has 0 spiro atoms. The Labute approximate surface area is 169 Å². The van der Waals surface area contributed by atoms with Gasteiger partial charge in [-0.3, -0.25) is 14.5 Å². The molecule has 0 aliphatic carbocycles. The second-order valence-corrected chi connectivity index (χ2v) is 7.59. The number of thioether (sulfide) groups is 1. The molecule has 2 aromatic rings. The maximum atomic E-state index is 12.5. The van der Waals surface area contributed by atoms with Crippen LogP contribution in [0.15, 0.2) is 53.5 Å². The fourth-order valence-corrected chi connectivity index (χ4v) is 3.90. The Morgan fingerprint density at radius 3 is 2.64 bits per heavy atom. The average molecular weight is 398 g/mol. The number of benzene rings is 2. The van der Waals surface area contributed by atoms with E-state index in [1.54, 1.807) is 19.2 Å². The molecule has 0 saturated carbocycles. The highest BCUT2D eigenvalue weighted by Gasteiger charge is 2.37. The highest BCUT2D eigenvalue weighted by Crippen LogP contribution is 2.31. The Morgan fingerprint density at radius 2 is 1.93 bits per heavy atom. The van der Waals surface area contributed by atoms with Crippen molar-refractivity contribution in [1.82, 2.24) is 4.90 Å². The number of carbonyl (C=O) groups excluding carboxylic acids is 2. The van der Waals surface area contributed by atoms with Crippen molar-refractivity contribution in [3.8, 4) is 5.75 Å². The largest absolute Gasteiger partial charge is 0.492 e. The number of aryl methyl sites for hydroxylation is 1. The number of nitrogens with one attached hydrogen (secondary N) is 1. The standard InChI is InChI=1S/C21H23N3O3S/c1-4-27-17-8-6-5-7-16(17)23-19(25)13-18-20(26)24(3)21(28-18)22-15-11-9-14(2)10-12-15/h5-12,18H,4,13H2,1-3H3,(H,23,25). The van der Waals surface area contributed by atoms with Gasteiger partial charge in [-0.1, -0.05) is 41.6 Å². The maximum absolute atomic E-state index is 12.5. The van der Waals surface area contributed by atoms with Crippen LogP contribution in [0.25, 0.3) is 0 Å². The molecule has 1 atom stereocenters. The summed E-state index contributed by atoms with van der Waals surface area (Å²) in [6.07, 6.45) is 0.0707. The van der Waals surface area contributed by atoms with Crippen LogP contribution in [0.4, 0.5) is 11.4 Å². The number of anilines is 1. The number of para-hydroxylation sites is 2. The third-order valence-corrected chi connectivity index (χ3v) is 5.46. The summed E-state index contributed by atoms with van der Waals surface area (Å²) in [6, 6.07) is 15.0. The van der Waals surface area contributed by atoms with E-state index in [0.29, 0.717) is 23.2 Å². The van der Waals surface area contributed by atoms with Gasteiger partial charge in [-0.2, -0.15) is 0 Å². The molecule has 1 saturated heterocycles. The van der Waals surface area contributed by atoms with Gasteiger partial charge in [0.1, 0.15) is 11.0 Å². The van der Waals surface area contributed by atoms with E-state index in [1.165, 1.54) is 16.7 Å². The number of aliphatic imine (C=N–C) groups is 1. The van der Waals surface area contributed by atoms with Crippen LogP contribution in [0, 0.1) is 6.92 Å². The molecular weight excluding hydrogens is 374 g/mol. The van der Waals surface area contributed by atoms with Gasteiger partial charge in [0.05, 0.1) is 18.0 Å². The topological polar surface area (TPSA) is 71.0 Å². The van der Waals surface area contributed by atoms with E-state index in [-0.39, 0.29) is 18.2 Å². The van der Waals surface area contributed by atoms with Gasteiger partial charge < -0.3 is 10.1 Å². The zero-order valence-corrected chi connectivity index (χ0v) is 17.0. The number of carbonyl (C=O) groups is 2. The molecule has 1 unspecified atom stereocenters. The number of hydrogen-bond acceptors (Lipinski definition) is 5. The Bertz CT molecular complexity index is 896. The van der Waals surface area contributed by atoms with Gasteiger partial charge in [0.2, 0.25) is 11.8 Å². The lowest BCUT2D eigenvalue weighted by atomic mass is 10.2. The van der Waals surface area contributed by atoms with Gasteiger partial charge in [-0.05, 0) is 38.1 Å². The first-order chi connectivity index (χ1) is 13.5. The van der Waals surface area contributed by atoms with Gasteiger partial charge in [0.15, 0.2) is 5.17 Å². The lowest BCUT2D eigenvalue weighted by Crippen LogP contribution is -2.30. The van der Waals surface area contributed by atoms with Crippen LogP contribution < -0.4 is 10.1 Å². The van der Waals surface area contributed by atoms with Crippen LogP contribution in [-0.4, -0.2) is 40.8 Å². The first-order valence-electron chi connectivity index (χ1n) is 9.09. The van der Waals surface area contributed by atoms with Crippen molar-refractivity contribution in [2.24, 2.45) is 4.99 Å². The van der Waals surface area contributed by atoms with Crippen molar-refractivity contribution in [3.05, 3.63) is 54.1 Å². The van der Waals surface area contributed by atoms with Crippen LogP contribution in [0.3, 0.4) is 0 Å². The van der Waals surface area contributed by atoms with E-state index in [2.05, 4.69) is 10.3 Å². The summed E-state index contributed by atoms with van der Waals surface area (Å²) in [5, 5.41) is 2.95. The molecule has 0 radical (unpaired) electrons. The summed E-state index contributed by atoms with van der Waals surface area (Å²) < 4.78 is 5.52. The van der Waals surface area contributed by atoms with Gasteiger partial charge >= 0.3 is 0 Å². The van der Waals surface area contributed by atoms with Crippen LogP contribution in [0.2, 0.25) is 0 Å². The minimum Gasteiger partial charge on any atom is -0.492 e. The number of amidine groups is 1. The van der Waals surface area contributed by atoms with Gasteiger partial charge in [-0.25, -0.2) is 4.99 Å². The quantitative estimate of drug-likeness (QED) is 0.800. The van der Waals surface area contributed by atoms with Crippen LogP contribution >= 0.6 is 11.8 Å². The van der Waals surface area contributed by atoms with Gasteiger partial charge in [-0.15, -0.1) is 0 Å². The van der Waals surface area contributed by atoms with E-state index in [9.17, 15) is 9.59 Å². The Balaban J connectivity index is 1.67. The average Bonchev–Trinajstić information content (AvgIpc) is 2.93. The van der Waals surface area contributed by atoms with Gasteiger partial charge in [0, 0.05) is 13.5 Å². The maximum Gasteiger partial charge on any atom is 0.242 e. The summed E-state index contributed by atoms with van der Waals surface area (Å²) >= 11 is 1.31. The second kappa shape index (κ2) is 8.93. The number of nitrogens with zero attached hydrogens (tertiary/aromatic N) is 2. The molecule has 0 aromatic heterocycles. The lowest BCUT2D eigenvalue weighted by Gasteiger charge is -2.12. The normalized spacial score (nSPS) is 17.8. The minimum atomic E-state index is -0.492. The van der Waals surface area contributed by atoms with Gasteiger partial charge in [0.25, 0.3) is 0 Å². The predicted molar refractivity (Wildman–Crippen MR) is 113 cm³/mol. The van der Waals surface area contributed by atoms with E-state index >= 15 is 0 Å². The van der Waals surface area contributed by atoms with Crippen molar-refractivity contribution < 1.29 is 14.3 Å². The molecule has 3 rings (SSSR count). The minimum absolute atomic E-state index is 0.0707. The Hall–Kier alpha value is -2.80. The van der Waals surface area contributed by atoms with Crippen molar-refractivity contribution in [2.75, 3.05) is 19.0 Å². The molecule has 1 heterocycles. The van der Waals surface area contributed by atoms with E-state index in [1.807, 2.05) is 50.2 Å². The van der Waals surface area contributed by atoms with Crippen molar-refractivity contribution in [1.29, 1.82) is 0 Å². The van der Waals surface area contributed by atoms with Crippen molar-refractivity contribution in [3.63, 3.8) is 0 Å². The third-order valence-electron chi connectivity index (χ3n) is 4.23. The molecule has 7 heteroatoms. The molecule has 6 nitrogen and oxygen atoms in total. The molecule has 1 N–H and O–H groups in total. The SMILES string of the molecule is CCOc1ccccc1NC(=O)CC1SC(=Nc2ccc(C)cc2)N(C)C1=O. The smallest absolute Gasteiger partial charge is 0.242 e. The van der Waals surface area contributed by atoms with Crippen LogP contribution in [0.1, 0.15) is 18.9 Å². The first kappa shape index (κ1) is 19.9. The molecule has 1 fully saturated rings. The molecule has 1 aliphatic heterocycles. The summed E-state index contributed by atoms with van der Waals surface area (Å²) in [7, 11) is 1.69. The third kappa shape index (κ3) is 4.72. The number of rotatable bonds is 6. The summed E-state index contributed by atoms with van der Waals surface area (Å²) in [5.74, 6) is 0.259. The molecule has 0 bridgehead atoms. The summed E-state index contributed by atoms with van der Waals surface area (Å²) in [6.45, 7) is 4.40. The number of ether oxygens (including phenoxy) is 1. The summed E-state index contributed by atoms with van der Waals surface area (Å²) in [5.41, 5.74) is 2.53. The molecule has 1 aliphatic rings. The van der Waals surface area contributed by atoms with E-state index in [4.69, 9.17) is 4.74 Å². The molecule has 2 amide bonds. The van der Waals surface area contributed by atoms with E-state index in [0.717, 1.165) is 11.3 Å². The monoisotopic (exact) mass is 397 g/mol. The zero-order valence-electron chi connectivity index (χ0n) is 16.1. The highest BCUT2D eigenvalue weighted by molar-refractivity contribution is 8.15. The van der Waals surface area contributed by atoms with Crippen LogP contribution in [0.5, 0.6) is 5.75 Å². The number of amides is 2. The van der Waals surface area contributed by atoms with E-state index < -0.39 is 5.25 Å². The summed E-state index contributed by atoms with van der Waals surface area (Å²) in [4.78, 5) is 31.1. The molecule has 146 valence electrons. The second-order valence-electron chi connectivity index (χ2n) is 6.42. The van der Waals surface area contributed by atoms with Crippen molar-refractivity contribution in [2.45, 2.75) is 25.5 Å². The number of hydrogen-bond donors (Lipinski definition) is 1. The highest BCUT2D eigenvalue weighted by atomic mass is 32.2. The van der Waals surface area contributed by atoms with Crippen LogP contribution in [-0.2, 0) is 9.59 Å². The lowest BCUT2D eigenvalue weighted by molar-refractivity contribution is -0.127. The Kier molecular flexibility index (Phi) is 6.36. The fourth-order valence-electron chi connectivity index (χ4n) is 2.75. The first-order valence-corrected chi connectivity index (χ1v) is 9.97. The Morgan fingerprint density at radius 1 is 1.21 bits per heavy atom. The fraction of sp³-hybridized carbons (Fsp3) is 0.286.